The number of amides is 1. The number of aromatic nitrogens is 3. The maximum atomic E-state index is 13.2. The predicted octanol–water partition coefficient (Wildman–Crippen LogP) is 3.46. The number of hydrogen-bond acceptors (Lipinski definition) is 6. The first-order valence-electron chi connectivity index (χ1n) is 9.79. The quantitative estimate of drug-likeness (QED) is 0.683. The Balaban J connectivity index is 1.44. The van der Waals surface area contributed by atoms with Crippen LogP contribution in [-0.4, -0.2) is 31.8 Å². The van der Waals surface area contributed by atoms with Gasteiger partial charge >= 0.3 is 6.18 Å². The molecule has 0 unspecified atom stereocenters. The highest BCUT2D eigenvalue weighted by Crippen LogP contribution is 2.33. The molecule has 2 aliphatic rings. The van der Waals surface area contributed by atoms with E-state index in [1.165, 1.54) is 12.3 Å². The Morgan fingerprint density at radius 3 is 2.61 bits per heavy atom. The van der Waals surface area contributed by atoms with Crippen molar-refractivity contribution >= 4 is 22.6 Å². The van der Waals surface area contributed by atoms with Gasteiger partial charge in [-0.15, -0.1) is 0 Å². The lowest BCUT2D eigenvalue weighted by Crippen LogP contribution is -2.33. The summed E-state index contributed by atoms with van der Waals surface area (Å²) in [4.78, 5) is 27.4. The van der Waals surface area contributed by atoms with E-state index in [0.29, 0.717) is 30.2 Å². The lowest BCUT2D eigenvalue weighted by atomic mass is 10.1. The molecule has 0 aromatic carbocycles. The minimum Gasteiger partial charge on any atom is -0.383 e. The number of rotatable bonds is 4. The Morgan fingerprint density at radius 1 is 1.16 bits per heavy atom. The Labute approximate surface area is 175 Å². The van der Waals surface area contributed by atoms with Crippen molar-refractivity contribution in [2.75, 3.05) is 5.73 Å². The molecule has 10 heteroatoms. The van der Waals surface area contributed by atoms with Crippen LogP contribution in [-0.2, 0) is 30.7 Å². The van der Waals surface area contributed by atoms with E-state index in [9.17, 15) is 18.0 Å². The van der Waals surface area contributed by atoms with E-state index in [1.54, 1.807) is 11.0 Å². The summed E-state index contributed by atoms with van der Waals surface area (Å²) in [7, 11) is 0. The van der Waals surface area contributed by atoms with Crippen molar-refractivity contribution in [2.24, 2.45) is 0 Å². The Morgan fingerprint density at radius 2 is 1.94 bits per heavy atom. The number of halogens is 3. The van der Waals surface area contributed by atoms with Crippen molar-refractivity contribution in [3.63, 3.8) is 0 Å². The zero-order chi connectivity index (χ0) is 21.8. The van der Waals surface area contributed by atoms with Crippen LogP contribution in [0.1, 0.15) is 45.7 Å². The molecule has 2 N–H and O–H groups in total. The number of nitrogens with zero attached hydrogens (tertiary/aromatic N) is 4. The van der Waals surface area contributed by atoms with Gasteiger partial charge in [-0.05, 0) is 36.6 Å². The minimum atomic E-state index is -4.45. The molecule has 3 aromatic heterocycles. The molecule has 0 spiro atoms. The molecule has 0 radical (unpaired) electrons. The second kappa shape index (κ2) is 7.16. The Hall–Kier alpha value is -3.27. The molecule has 0 saturated heterocycles. The van der Waals surface area contributed by atoms with Gasteiger partial charge in [0.2, 0.25) is 0 Å². The highest BCUT2D eigenvalue weighted by atomic mass is 19.4. The third-order valence-electron chi connectivity index (χ3n) is 5.57. The lowest BCUT2D eigenvalue weighted by Gasteiger charge is -2.22. The second-order valence-corrected chi connectivity index (χ2v) is 7.73. The first kappa shape index (κ1) is 19.7. The average Bonchev–Trinajstić information content (AvgIpc) is 3.46. The van der Waals surface area contributed by atoms with Crippen LogP contribution in [0.25, 0.3) is 10.9 Å². The van der Waals surface area contributed by atoms with Crippen LogP contribution in [0, 0.1) is 0 Å². The summed E-state index contributed by atoms with van der Waals surface area (Å²) < 4.78 is 43.8. The van der Waals surface area contributed by atoms with Crippen molar-refractivity contribution in [1.29, 1.82) is 0 Å². The molecule has 1 aliphatic carbocycles. The fraction of sp³-hybridized carbons (Fsp3) is 0.333. The molecule has 1 aliphatic heterocycles. The van der Waals surface area contributed by atoms with Crippen LogP contribution in [0.5, 0.6) is 0 Å². The summed E-state index contributed by atoms with van der Waals surface area (Å²) in [5, 5.41) is 0.767. The van der Waals surface area contributed by atoms with Gasteiger partial charge in [-0.1, -0.05) is 0 Å². The summed E-state index contributed by atoms with van der Waals surface area (Å²) in [5.41, 5.74) is 8.11. The van der Waals surface area contributed by atoms with Gasteiger partial charge in [0.05, 0.1) is 42.7 Å². The first-order chi connectivity index (χ1) is 14.8. The normalized spacial score (nSPS) is 15.8. The molecule has 3 aromatic rings. The molecule has 5 rings (SSSR count). The summed E-state index contributed by atoms with van der Waals surface area (Å²) in [6, 6.07) is 3.99. The number of ether oxygens (including phenoxy) is 1. The van der Waals surface area contributed by atoms with Crippen LogP contribution in [0.4, 0.5) is 19.0 Å². The summed E-state index contributed by atoms with van der Waals surface area (Å²) in [6.07, 6.45) is -0.478. The number of carbonyl (C=O) groups excluding carboxylic acids is 1. The topological polar surface area (TPSA) is 94.2 Å². The SMILES string of the molecule is Nc1nc2cnc(C(=O)N(Cc3ccc(C(F)(F)F)cn3)C3CC3)cc2c2c1COC2. The van der Waals surface area contributed by atoms with Crippen LogP contribution in [0.2, 0.25) is 0 Å². The molecule has 160 valence electrons. The van der Waals surface area contributed by atoms with E-state index < -0.39 is 11.7 Å². The van der Waals surface area contributed by atoms with Gasteiger partial charge in [-0.3, -0.25) is 9.78 Å². The van der Waals surface area contributed by atoms with Gasteiger partial charge in [0.15, 0.2) is 0 Å². The fourth-order valence-corrected chi connectivity index (χ4v) is 3.75. The number of nitrogen functional groups attached to an aromatic ring is 1. The van der Waals surface area contributed by atoms with Gasteiger partial charge in [0.1, 0.15) is 11.5 Å². The first-order valence-corrected chi connectivity index (χ1v) is 9.79. The summed E-state index contributed by atoms with van der Waals surface area (Å²) in [6.45, 7) is 0.879. The lowest BCUT2D eigenvalue weighted by molar-refractivity contribution is -0.137. The average molecular weight is 429 g/mol. The van der Waals surface area contributed by atoms with Gasteiger partial charge < -0.3 is 15.4 Å². The third-order valence-corrected chi connectivity index (χ3v) is 5.57. The van der Waals surface area contributed by atoms with E-state index in [2.05, 4.69) is 15.0 Å². The number of carbonyl (C=O) groups is 1. The maximum absolute atomic E-state index is 13.2. The van der Waals surface area contributed by atoms with Gasteiger partial charge in [0, 0.05) is 23.2 Å². The third kappa shape index (κ3) is 3.67. The number of hydrogen-bond donors (Lipinski definition) is 1. The molecule has 4 heterocycles. The predicted molar refractivity (Wildman–Crippen MR) is 105 cm³/mol. The second-order valence-electron chi connectivity index (χ2n) is 7.73. The molecule has 1 amide bonds. The molecule has 1 saturated carbocycles. The highest BCUT2D eigenvalue weighted by Gasteiger charge is 2.35. The van der Waals surface area contributed by atoms with Crippen molar-refractivity contribution in [2.45, 2.75) is 44.8 Å². The van der Waals surface area contributed by atoms with E-state index in [-0.39, 0.29) is 24.2 Å². The smallest absolute Gasteiger partial charge is 0.383 e. The molecule has 31 heavy (non-hydrogen) atoms. The standard InChI is InChI=1S/C21H18F3N5O2/c22-21(23,24)11-1-2-12(26-6-11)8-29(13-3-4-13)20(30)17-5-14-15-9-31-10-16(15)19(25)28-18(14)7-27-17/h1-2,5-7,13H,3-4,8-10H2,(H2,25,28). The Bertz CT molecular complexity index is 1180. The molecule has 0 atom stereocenters. The number of fused-ring (bicyclic) bond motifs is 3. The van der Waals surface area contributed by atoms with Crippen LogP contribution >= 0.6 is 0 Å². The number of alkyl halides is 3. The van der Waals surface area contributed by atoms with E-state index in [4.69, 9.17) is 10.5 Å². The summed E-state index contributed by atoms with van der Waals surface area (Å²) in [5.74, 6) is 0.101. The molecule has 1 fully saturated rings. The van der Waals surface area contributed by atoms with Crippen molar-refractivity contribution in [3.05, 3.63) is 58.7 Å². The van der Waals surface area contributed by atoms with Crippen LogP contribution in [0.15, 0.2) is 30.6 Å². The van der Waals surface area contributed by atoms with E-state index in [0.717, 1.165) is 41.6 Å². The Kier molecular flexibility index (Phi) is 4.54. The van der Waals surface area contributed by atoms with Crippen molar-refractivity contribution in [3.8, 4) is 0 Å². The number of nitrogens with two attached hydrogens (primary N) is 1. The number of pyridine rings is 3. The molecule has 7 nitrogen and oxygen atoms in total. The molecule has 0 bridgehead atoms. The largest absolute Gasteiger partial charge is 0.417 e. The summed E-state index contributed by atoms with van der Waals surface area (Å²) >= 11 is 0. The number of anilines is 1. The maximum Gasteiger partial charge on any atom is 0.417 e. The zero-order valence-electron chi connectivity index (χ0n) is 16.3. The van der Waals surface area contributed by atoms with Gasteiger partial charge in [-0.25, -0.2) is 9.97 Å². The highest BCUT2D eigenvalue weighted by molar-refractivity contribution is 5.97. The van der Waals surface area contributed by atoms with E-state index in [1.807, 2.05) is 0 Å². The zero-order valence-corrected chi connectivity index (χ0v) is 16.3. The van der Waals surface area contributed by atoms with Gasteiger partial charge in [-0.2, -0.15) is 13.2 Å². The van der Waals surface area contributed by atoms with Gasteiger partial charge in [0.25, 0.3) is 5.91 Å². The van der Waals surface area contributed by atoms with Crippen LogP contribution < -0.4 is 5.73 Å². The molecular formula is C21H18F3N5O2. The minimum absolute atomic E-state index is 0.0210. The van der Waals surface area contributed by atoms with Crippen molar-refractivity contribution in [1.82, 2.24) is 19.9 Å². The monoisotopic (exact) mass is 429 g/mol. The molecular weight excluding hydrogens is 411 g/mol. The fourth-order valence-electron chi connectivity index (χ4n) is 3.75. The van der Waals surface area contributed by atoms with Crippen molar-refractivity contribution < 1.29 is 22.7 Å². The van der Waals surface area contributed by atoms with Crippen LogP contribution in [0.3, 0.4) is 0 Å². The van der Waals surface area contributed by atoms with E-state index >= 15 is 0 Å².